The monoisotopic (exact) mass is 708 g/mol. The molecular weight excluding hydrogens is 618 g/mol. The molecule has 0 spiro atoms. The van der Waals surface area contributed by atoms with Crippen LogP contribution < -0.4 is 0 Å². The molecule has 5 heteroatoms. The predicted octanol–water partition coefficient (Wildman–Crippen LogP) is 13.7. The number of carbonyl (C=O) groups excluding carboxylic acids is 2. The fourth-order valence-corrected chi connectivity index (χ4v) is 7.34. The van der Waals surface area contributed by atoms with E-state index in [1.165, 1.54) is 161 Å². The number of ether oxygens (including phenoxy) is 1. The molecule has 0 saturated heterocycles. The van der Waals surface area contributed by atoms with Gasteiger partial charge in [-0.05, 0) is 57.3 Å². The summed E-state index contributed by atoms with van der Waals surface area (Å²) < 4.78 is 6.03. The van der Waals surface area contributed by atoms with Gasteiger partial charge in [-0.25, -0.2) is 0 Å². The summed E-state index contributed by atoms with van der Waals surface area (Å²) in [5, 5.41) is 9.60. The van der Waals surface area contributed by atoms with Crippen LogP contribution in [-0.2, 0) is 14.3 Å². The van der Waals surface area contributed by atoms with Crippen LogP contribution in [0.5, 0.6) is 0 Å². The summed E-state index contributed by atoms with van der Waals surface area (Å²) in [5.74, 6) is 0.965. The van der Waals surface area contributed by atoms with E-state index in [0.717, 1.165) is 57.9 Å². The second kappa shape index (κ2) is 39.1. The van der Waals surface area contributed by atoms with Crippen molar-refractivity contribution in [1.29, 1.82) is 0 Å². The lowest BCUT2D eigenvalue weighted by atomic mass is 9.92. The van der Waals surface area contributed by atoms with Gasteiger partial charge in [0, 0.05) is 33.0 Å². The van der Waals surface area contributed by atoms with Gasteiger partial charge in [-0.1, -0.05) is 181 Å². The fourth-order valence-electron chi connectivity index (χ4n) is 7.34. The first-order valence-electron chi connectivity index (χ1n) is 22.5. The summed E-state index contributed by atoms with van der Waals surface area (Å²) in [4.78, 5) is 27.1. The van der Waals surface area contributed by atoms with Gasteiger partial charge in [0.15, 0.2) is 0 Å². The van der Waals surface area contributed by atoms with Crippen LogP contribution in [0.4, 0.5) is 0 Å². The van der Waals surface area contributed by atoms with E-state index < -0.39 is 0 Å². The van der Waals surface area contributed by atoms with E-state index in [2.05, 4.69) is 20.8 Å². The average molecular weight is 708 g/mol. The zero-order chi connectivity index (χ0) is 36.8. The Hall–Kier alpha value is -1.10. The van der Waals surface area contributed by atoms with E-state index >= 15 is 0 Å². The molecule has 0 aromatic heterocycles. The van der Waals surface area contributed by atoms with Crippen molar-refractivity contribution in [2.75, 3.05) is 20.2 Å². The van der Waals surface area contributed by atoms with Crippen molar-refractivity contribution < 1.29 is 19.4 Å². The topological polar surface area (TPSA) is 66.8 Å². The van der Waals surface area contributed by atoms with Gasteiger partial charge in [0.2, 0.25) is 5.91 Å². The molecule has 0 aliphatic carbocycles. The molecule has 0 aromatic rings. The number of amides is 1. The highest BCUT2D eigenvalue weighted by molar-refractivity contribution is 5.75. The van der Waals surface area contributed by atoms with E-state index in [1.807, 2.05) is 11.9 Å². The summed E-state index contributed by atoms with van der Waals surface area (Å²) in [5.41, 5.74) is 0. The Labute approximate surface area is 313 Å². The lowest BCUT2D eigenvalue weighted by Gasteiger charge is -2.18. The van der Waals surface area contributed by atoms with E-state index in [-0.39, 0.29) is 12.1 Å². The molecule has 0 aromatic carbocycles. The first-order valence-corrected chi connectivity index (χ1v) is 22.5. The molecule has 0 bridgehead atoms. The number of nitrogens with zero attached hydrogens (tertiary/aromatic N) is 1. The number of aliphatic hydroxyl groups excluding tert-OH is 1. The maximum absolute atomic E-state index is 12.7. The van der Waals surface area contributed by atoms with Crippen LogP contribution in [0, 0.1) is 5.92 Å². The SMILES string of the molecule is CCCCCCCCC(CCCCCCCC)OC(=O)CCCCCCCC(CCO)CCCCCCCC(=O)N(C)CCCCCCCC. The molecule has 1 N–H and O–H groups in total. The molecule has 1 atom stereocenters. The van der Waals surface area contributed by atoms with E-state index in [4.69, 9.17) is 4.74 Å². The van der Waals surface area contributed by atoms with Gasteiger partial charge < -0.3 is 14.7 Å². The standard InChI is InChI=1S/C45H89NO4/c1-5-8-11-14-21-28-35-43(36-29-22-15-12-9-6-2)50-45(49)38-31-24-18-20-27-34-42(39-41-47)33-26-19-17-23-30-37-44(48)46(4)40-32-25-16-13-10-7-3/h42-43,47H,5-41H2,1-4H3. The van der Waals surface area contributed by atoms with Crippen LogP contribution in [0.25, 0.3) is 0 Å². The molecule has 0 heterocycles. The number of carbonyl (C=O) groups is 2. The van der Waals surface area contributed by atoms with Crippen LogP contribution in [0.2, 0.25) is 0 Å². The van der Waals surface area contributed by atoms with Crippen LogP contribution in [-0.4, -0.2) is 48.2 Å². The zero-order valence-electron chi connectivity index (χ0n) is 34.4. The molecule has 0 radical (unpaired) electrons. The van der Waals surface area contributed by atoms with Gasteiger partial charge in [0.1, 0.15) is 6.10 Å². The van der Waals surface area contributed by atoms with Crippen LogP contribution in [0.15, 0.2) is 0 Å². The summed E-state index contributed by atoms with van der Waals surface area (Å²) in [6.07, 6.45) is 41.4. The molecule has 0 fully saturated rings. The van der Waals surface area contributed by atoms with Crippen LogP contribution in [0.3, 0.4) is 0 Å². The highest BCUT2D eigenvalue weighted by Crippen LogP contribution is 2.23. The first-order chi connectivity index (χ1) is 24.5. The minimum Gasteiger partial charge on any atom is -0.462 e. The molecule has 1 amide bonds. The average Bonchev–Trinajstić information content (AvgIpc) is 3.11. The number of hydrogen-bond acceptors (Lipinski definition) is 4. The van der Waals surface area contributed by atoms with E-state index in [1.54, 1.807) is 0 Å². The Morgan fingerprint density at radius 3 is 1.32 bits per heavy atom. The highest BCUT2D eigenvalue weighted by Gasteiger charge is 2.15. The molecule has 0 saturated carbocycles. The van der Waals surface area contributed by atoms with Crippen molar-refractivity contribution in [3.63, 3.8) is 0 Å². The quantitative estimate of drug-likeness (QED) is 0.0508. The first kappa shape index (κ1) is 48.9. The van der Waals surface area contributed by atoms with Crippen molar-refractivity contribution in [2.24, 2.45) is 5.92 Å². The van der Waals surface area contributed by atoms with E-state index in [0.29, 0.717) is 31.3 Å². The number of aliphatic hydroxyl groups is 1. The predicted molar refractivity (Wildman–Crippen MR) is 217 cm³/mol. The third kappa shape index (κ3) is 34.0. The third-order valence-corrected chi connectivity index (χ3v) is 10.9. The van der Waals surface area contributed by atoms with Gasteiger partial charge in [0.25, 0.3) is 0 Å². The van der Waals surface area contributed by atoms with Crippen molar-refractivity contribution in [1.82, 2.24) is 4.90 Å². The molecule has 0 aliphatic rings. The molecular formula is C45H89NO4. The Balaban J connectivity index is 4.01. The number of unbranched alkanes of at least 4 members (excludes halogenated alkanes) is 23. The van der Waals surface area contributed by atoms with Crippen molar-refractivity contribution in [3.05, 3.63) is 0 Å². The Morgan fingerprint density at radius 2 is 0.860 bits per heavy atom. The fraction of sp³-hybridized carbons (Fsp3) is 0.956. The van der Waals surface area contributed by atoms with E-state index in [9.17, 15) is 14.7 Å². The second-order valence-corrected chi connectivity index (χ2v) is 15.8. The lowest BCUT2D eigenvalue weighted by Crippen LogP contribution is -2.27. The maximum atomic E-state index is 12.7. The minimum atomic E-state index is 0.0254. The molecule has 0 rings (SSSR count). The summed E-state index contributed by atoms with van der Waals surface area (Å²) in [7, 11) is 1.97. The van der Waals surface area contributed by atoms with Crippen molar-refractivity contribution in [3.8, 4) is 0 Å². The Morgan fingerprint density at radius 1 is 0.480 bits per heavy atom. The maximum Gasteiger partial charge on any atom is 0.306 e. The van der Waals surface area contributed by atoms with Gasteiger partial charge >= 0.3 is 5.97 Å². The van der Waals surface area contributed by atoms with Crippen LogP contribution >= 0.6 is 0 Å². The van der Waals surface area contributed by atoms with Gasteiger partial charge in [-0.3, -0.25) is 9.59 Å². The molecule has 298 valence electrons. The van der Waals surface area contributed by atoms with Gasteiger partial charge in [-0.2, -0.15) is 0 Å². The molecule has 0 aliphatic heterocycles. The number of hydrogen-bond donors (Lipinski definition) is 1. The summed E-state index contributed by atoms with van der Waals surface area (Å²) in [6.45, 7) is 7.97. The Bertz CT molecular complexity index is 697. The highest BCUT2D eigenvalue weighted by atomic mass is 16.5. The zero-order valence-corrected chi connectivity index (χ0v) is 34.4. The molecule has 50 heavy (non-hydrogen) atoms. The molecule has 5 nitrogen and oxygen atoms in total. The second-order valence-electron chi connectivity index (χ2n) is 15.8. The summed E-state index contributed by atoms with van der Waals surface area (Å²) in [6, 6.07) is 0. The normalized spacial score (nSPS) is 12.1. The third-order valence-electron chi connectivity index (χ3n) is 10.9. The summed E-state index contributed by atoms with van der Waals surface area (Å²) >= 11 is 0. The van der Waals surface area contributed by atoms with Crippen LogP contribution in [0.1, 0.15) is 245 Å². The minimum absolute atomic E-state index is 0.0254. The molecule has 1 unspecified atom stereocenters. The lowest BCUT2D eigenvalue weighted by molar-refractivity contribution is -0.150. The largest absolute Gasteiger partial charge is 0.462 e. The smallest absolute Gasteiger partial charge is 0.306 e. The van der Waals surface area contributed by atoms with Crippen molar-refractivity contribution >= 4 is 11.9 Å². The van der Waals surface area contributed by atoms with Gasteiger partial charge in [0.05, 0.1) is 0 Å². The van der Waals surface area contributed by atoms with Gasteiger partial charge in [-0.15, -0.1) is 0 Å². The number of esters is 1. The number of rotatable bonds is 40. The van der Waals surface area contributed by atoms with Crippen molar-refractivity contribution in [2.45, 2.75) is 252 Å². The Kier molecular flexibility index (Phi) is 38.3.